The number of sulfonamides is 1. The van der Waals surface area contributed by atoms with Gasteiger partial charge >= 0.3 is 4.94 Å². The van der Waals surface area contributed by atoms with Crippen LogP contribution in [0.15, 0.2) is 54.9 Å². The highest BCUT2D eigenvalue weighted by Gasteiger charge is 2.14. The number of fused-ring (bicyclic) bond motifs is 1. The standard InChI is InChI=1S/C16H13ClN2O4S2/c1-9-7-12(8-14-15(9)23-16(20)24-14)18-10(2)19-25(21,22)13-5-3-11(17)4-6-13/h3-8H,1-2H3,(H,18,19). The molecule has 0 unspecified atom stereocenters. The number of nitrogens with zero attached hydrogens (tertiary/aromatic N) is 1. The van der Waals surface area contributed by atoms with Gasteiger partial charge in [0.05, 0.1) is 9.60 Å². The normalized spacial score (nSPS) is 12.5. The predicted octanol–water partition coefficient (Wildman–Crippen LogP) is 4.04. The van der Waals surface area contributed by atoms with Crippen molar-refractivity contribution in [3.8, 4) is 0 Å². The number of nitrogens with one attached hydrogen (secondary N) is 1. The number of halogens is 1. The lowest BCUT2D eigenvalue weighted by atomic mass is 10.2. The van der Waals surface area contributed by atoms with Crippen molar-refractivity contribution in [2.75, 3.05) is 5.32 Å². The first-order valence-corrected chi connectivity index (χ1v) is 9.76. The minimum absolute atomic E-state index is 0.0535. The molecule has 1 aromatic heterocycles. The molecular formula is C16H13ClN2O4S2. The summed E-state index contributed by atoms with van der Waals surface area (Å²) >= 11 is 6.75. The van der Waals surface area contributed by atoms with E-state index >= 15 is 0 Å². The Bertz CT molecular complexity index is 1130. The van der Waals surface area contributed by atoms with Crippen molar-refractivity contribution < 1.29 is 12.8 Å². The van der Waals surface area contributed by atoms with Gasteiger partial charge in [0.15, 0.2) is 5.58 Å². The summed E-state index contributed by atoms with van der Waals surface area (Å²) in [6, 6.07) is 9.24. The molecule has 9 heteroatoms. The molecule has 0 atom stereocenters. The highest BCUT2D eigenvalue weighted by atomic mass is 35.5. The van der Waals surface area contributed by atoms with E-state index in [1.807, 2.05) is 0 Å². The Kier molecular flexibility index (Phi) is 4.68. The van der Waals surface area contributed by atoms with E-state index < -0.39 is 10.0 Å². The zero-order chi connectivity index (χ0) is 18.2. The lowest BCUT2D eigenvalue weighted by Gasteiger charge is -2.07. The first kappa shape index (κ1) is 17.7. The number of anilines is 1. The van der Waals surface area contributed by atoms with Crippen LogP contribution in [0.25, 0.3) is 10.3 Å². The molecule has 0 saturated carbocycles. The highest BCUT2D eigenvalue weighted by Crippen LogP contribution is 2.25. The monoisotopic (exact) mass is 396 g/mol. The number of hydrogen-bond donors (Lipinski definition) is 1. The molecule has 2 aromatic carbocycles. The molecule has 6 nitrogen and oxygen atoms in total. The van der Waals surface area contributed by atoms with Crippen molar-refractivity contribution in [3.05, 3.63) is 56.7 Å². The van der Waals surface area contributed by atoms with Crippen molar-refractivity contribution in [2.45, 2.75) is 18.7 Å². The van der Waals surface area contributed by atoms with E-state index in [1.165, 1.54) is 24.3 Å². The Morgan fingerprint density at radius 1 is 1.24 bits per heavy atom. The predicted molar refractivity (Wildman–Crippen MR) is 100 cm³/mol. The fraction of sp³-hybridized carbons (Fsp3) is 0.125. The number of hydrogen-bond acceptors (Lipinski definition) is 5. The Labute approximate surface area is 152 Å². The first-order valence-electron chi connectivity index (χ1n) is 7.13. The molecule has 25 heavy (non-hydrogen) atoms. The van der Waals surface area contributed by atoms with Gasteiger partial charge in [-0.25, -0.2) is 4.79 Å². The lowest BCUT2D eigenvalue weighted by molar-refractivity contribution is 0.583. The van der Waals surface area contributed by atoms with Gasteiger partial charge in [0.2, 0.25) is 0 Å². The molecular weight excluding hydrogens is 384 g/mol. The van der Waals surface area contributed by atoms with Gasteiger partial charge in [-0.15, -0.1) is 4.40 Å². The van der Waals surface area contributed by atoms with Crippen LogP contribution >= 0.6 is 22.9 Å². The molecule has 0 amide bonds. The molecule has 3 aromatic rings. The first-order chi connectivity index (χ1) is 11.7. The van der Waals surface area contributed by atoms with Crippen LogP contribution in [-0.2, 0) is 10.0 Å². The quantitative estimate of drug-likeness (QED) is 0.533. The molecule has 1 heterocycles. The summed E-state index contributed by atoms with van der Waals surface area (Å²) in [6.45, 7) is 3.35. The average Bonchev–Trinajstić information content (AvgIpc) is 2.88. The Balaban J connectivity index is 1.90. The van der Waals surface area contributed by atoms with Gasteiger partial charge in [0.25, 0.3) is 10.0 Å². The summed E-state index contributed by atoms with van der Waals surface area (Å²) in [4.78, 5) is 11.0. The summed E-state index contributed by atoms with van der Waals surface area (Å²) < 4.78 is 34.2. The molecule has 0 saturated heterocycles. The second-order valence-corrected chi connectivity index (χ2v) is 8.32. The van der Waals surface area contributed by atoms with Crippen LogP contribution in [-0.4, -0.2) is 14.3 Å². The second-order valence-electron chi connectivity index (χ2n) is 5.31. The van der Waals surface area contributed by atoms with Gasteiger partial charge in [-0.1, -0.05) is 22.9 Å². The van der Waals surface area contributed by atoms with Crippen LogP contribution in [0.5, 0.6) is 0 Å². The fourth-order valence-electron chi connectivity index (χ4n) is 2.29. The van der Waals surface area contributed by atoms with Crippen LogP contribution in [0.2, 0.25) is 5.02 Å². The molecule has 0 spiro atoms. The molecule has 0 aliphatic heterocycles. The Morgan fingerprint density at radius 2 is 1.92 bits per heavy atom. The van der Waals surface area contributed by atoms with E-state index in [2.05, 4.69) is 9.71 Å². The zero-order valence-electron chi connectivity index (χ0n) is 13.2. The molecule has 0 radical (unpaired) electrons. The van der Waals surface area contributed by atoms with E-state index in [4.69, 9.17) is 16.0 Å². The lowest BCUT2D eigenvalue weighted by Crippen LogP contribution is -2.11. The number of aryl methyl sites for hydroxylation is 1. The molecule has 0 aliphatic rings. The maximum Gasteiger partial charge on any atom is 0.396 e. The van der Waals surface area contributed by atoms with Gasteiger partial charge in [-0.2, -0.15) is 8.42 Å². The molecule has 0 bridgehead atoms. The summed E-state index contributed by atoms with van der Waals surface area (Å²) in [5, 5.41) is 3.37. The largest absolute Gasteiger partial charge is 0.414 e. The van der Waals surface area contributed by atoms with Gasteiger partial charge in [-0.05, 0) is 55.8 Å². The fourth-order valence-corrected chi connectivity index (χ4v) is 4.19. The van der Waals surface area contributed by atoms with E-state index in [0.717, 1.165) is 16.9 Å². The van der Waals surface area contributed by atoms with Crippen LogP contribution in [0.4, 0.5) is 5.69 Å². The third-order valence-corrected chi connectivity index (χ3v) is 5.72. The SMILES string of the molecule is CC(=NS(=O)(=O)c1ccc(Cl)cc1)Nc1cc(C)c2oc(=O)sc2c1. The van der Waals surface area contributed by atoms with E-state index in [0.29, 0.717) is 21.0 Å². The summed E-state index contributed by atoms with van der Waals surface area (Å²) in [5.74, 6) is 0.199. The molecule has 0 aliphatic carbocycles. The third-order valence-electron chi connectivity index (χ3n) is 3.31. The molecule has 0 fully saturated rings. The van der Waals surface area contributed by atoms with Crippen LogP contribution < -0.4 is 10.3 Å². The molecule has 130 valence electrons. The maximum atomic E-state index is 12.3. The van der Waals surface area contributed by atoms with E-state index in [-0.39, 0.29) is 15.7 Å². The van der Waals surface area contributed by atoms with Crippen molar-refractivity contribution >= 4 is 54.8 Å². The molecule has 3 rings (SSSR count). The van der Waals surface area contributed by atoms with E-state index in [9.17, 15) is 13.2 Å². The van der Waals surface area contributed by atoms with Crippen molar-refractivity contribution in [1.29, 1.82) is 0 Å². The second kappa shape index (κ2) is 6.62. The summed E-state index contributed by atoms with van der Waals surface area (Å²) in [5.41, 5.74) is 1.92. The summed E-state index contributed by atoms with van der Waals surface area (Å²) in [7, 11) is -3.84. The van der Waals surface area contributed by atoms with Gasteiger partial charge in [-0.3, -0.25) is 0 Å². The minimum Gasteiger partial charge on any atom is -0.414 e. The topological polar surface area (TPSA) is 88.7 Å². The van der Waals surface area contributed by atoms with Gasteiger partial charge in [0.1, 0.15) is 5.84 Å². The van der Waals surface area contributed by atoms with Crippen molar-refractivity contribution in [2.24, 2.45) is 4.40 Å². The van der Waals surface area contributed by atoms with Crippen LogP contribution in [0.3, 0.4) is 0 Å². The smallest absolute Gasteiger partial charge is 0.396 e. The summed E-state index contributed by atoms with van der Waals surface area (Å²) in [6.07, 6.45) is 0. The average molecular weight is 397 g/mol. The zero-order valence-corrected chi connectivity index (χ0v) is 15.6. The number of rotatable bonds is 3. The van der Waals surface area contributed by atoms with E-state index in [1.54, 1.807) is 26.0 Å². The maximum absolute atomic E-state index is 12.3. The highest BCUT2D eigenvalue weighted by molar-refractivity contribution is 7.90. The van der Waals surface area contributed by atoms with Crippen LogP contribution in [0, 0.1) is 6.92 Å². The molecule has 1 N–H and O–H groups in total. The van der Waals surface area contributed by atoms with Crippen molar-refractivity contribution in [1.82, 2.24) is 0 Å². The van der Waals surface area contributed by atoms with Gasteiger partial charge in [0, 0.05) is 10.7 Å². The number of amidine groups is 1. The van der Waals surface area contributed by atoms with Crippen molar-refractivity contribution in [3.63, 3.8) is 0 Å². The number of benzene rings is 2. The Hall–Kier alpha value is -2.16. The van der Waals surface area contributed by atoms with Crippen LogP contribution in [0.1, 0.15) is 12.5 Å². The third kappa shape index (κ3) is 3.92. The Morgan fingerprint density at radius 3 is 2.60 bits per heavy atom. The minimum atomic E-state index is -3.84. The van der Waals surface area contributed by atoms with Gasteiger partial charge < -0.3 is 9.73 Å².